The lowest BCUT2D eigenvalue weighted by Gasteiger charge is -2.10. The highest BCUT2D eigenvalue weighted by Crippen LogP contribution is 2.30. The van der Waals surface area contributed by atoms with Crippen molar-refractivity contribution in [3.05, 3.63) is 78.0 Å². The molecule has 0 N–H and O–H groups in total. The zero-order valence-corrected chi connectivity index (χ0v) is 12.5. The molecule has 108 valence electrons. The van der Waals surface area contributed by atoms with Crippen LogP contribution in [0.1, 0.15) is 23.0 Å². The standard InChI is InChI=1S/C20H17NO/c1-2-15-8-10-16(11-9-15)19-13-12-18(14-22)21-20(19)17-6-4-3-5-7-17/h3-14H,2H2,1H3. The van der Waals surface area contributed by atoms with Gasteiger partial charge in [0.2, 0.25) is 0 Å². The topological polar surface area (TPSA) is 30.0 Å². The highest BCUT2D eigenvalue weighted by molar-refractivity contribution is 5.84. The lowest BCUT2D eigenvalue weighted by molar-refractivity contribution is 0.111. The zero-order valence-electron chi connectivity index (χ0n) is 12.5. The van der Waals surface area contributed by atoms with Gasteiger partial charge in [-0.25, -0.2) is 4.98 Å². The second-order valence-electron chi connectivity index (χ2n) is 5.17. The Morgan fingerprint density at radius 3 is 2.23 bits per heavy atom. The van der Waals surface area contributed by atoms with E-state index in [9.17, 15) is 4.79 Å². The fourth-order valence-electron chi connectivity index (χ4n) is 2.51. The second kappa shape index (κ2) is 6.35. The molecule has 2 aromatic carbocycles. The molecule has 0 saturated carbocycles. The zero-order chi connectivity index (χ0) is 15.4. The summed E-state index contributed by atoms with van der Waals surface area (Å²) in [7, 11) is 0. The lowest BCUT2D eigenvalue weighted by Crippen LogP contribution is -1.94. The third-order valence-electron chi connectivity index (χ3n) is 3.76. The van der Waals surface area contributed by atoms with Gasteiger partial charge in [-0.2, -0.15) is 0 Å². The maximum atomic E-state index is 11.1. The van der Waals surface area contributed by atoms with Crippen molar-refractivity contribution in [3.63, 3.8) is 0 Å². The molecule has 0 aliphatic heterocycles. The van der Waals surface area contributed by atoms with Crippen LogP contribution in [0.3, 0.4) is 0 Å². The normalized spacial score (nSPS) is 10.4. The van der Waals surface area contributed by atoms with Crippen molar-refractivity contribution in [3.8, 4) is 22.4 Å². The Bertz CT molecular complexity index is 777. The minimum atomic E-state index is 0.452. The predicted molar refractivity (Wildman–Crippen MR) is 89.9 cm³/mol. The molecule has 0 radical (unpaired) electrons. The van der Waals surface area contributed by atoms with E-state index in [1.54, 1.807) is 6.07 Å². The first-order chi connectivity index (χ1) is 10.8. The van der Waals surface area contributed by atoms with Crippen molar-refractivity contribution >= 4 is 6.29 Å². The van der Waals surface area contributed by atoms with Crippen molar-refractivity contribution in [2.45, 2.75) is 13.3 Å². The molecule has 1 aromatic heterocycles. The van der Waals surface area contributed by atoms with Crippen LogP contribution in [0.2, 0.25) is 0 Å². The van der Waals surface area contributed by atoms with E-state index < -0.39 is 0 Å². The van der Waals surface area contributed by atoms with Gasteiger partial charge in [-0.3, -0.25) is 4.79 Å². The summed E-state index contributed by atoms with van der Waals surface area (Å²) in [5.74, 6) is 0. The average molecular weight is 287 g/mol. The van der Waals surface area contributed by atoms with Crippen LogP contribution in [0.25, 0.3) is 22.4 Å². The number of hydrogen-bond donors (Lipinski definition) is 0. The number of nitrogens with zero attached hydrogens (tertiary/aromatic N) is 1. The molecule has 0 saturated heterocycles. The molecule has 0 amide bonds. The van der Waals surface area contributed by atoms with Gasteiger partial charge in [-0.1, -0.05) is 61.5 Å². The number of hydrogen-bond acceptors (Lipinski definition) is 2. The molecular formula is C20H17NO. The number of carbonyl (C=O) groups is 1. The van der Waals surface area contributed by atoms with E-state index in [0.717, 1.165) is 35.1 Å². The number of aromatic nitrogens is 1. The van der Waals surface area contributed by atoms with E-state index >= 15 is 0 Å². The van der Waals surface area contributed by atoms with Crippen LogP contribution < -0.4 is 0 Å². The highest BCUT2D eigenvalue weighted by atomic mass is 16.1. The first-order valence-corrected chi connectivity index (χ1v) is 7.42. The molecule has 0 atom stereocenters. The van der Waals surface area contributed by atoms with Gasteiger partial charge < -0.3 is 0 Å². The van der Waals surface area contributed by atoms with E-state index in [1.807, 2.05) is 36.4 Å². The Hall–Kier alpha value is -2.74. The van der Waals surface area contributed by atoms with Gasteiger partial charge >= 0.3 is 0 Å². The Balaban J connectivity index is 2.16. The first-order valence-electron chi connectivity index (χ1n) is 7.42. The summed E-state index contributed by atoms with van der Waals surface area (Å²) in [6.07, 6.45) is 1.81. The summed E-state index contributed by atoms with van der Waals surface area (Å²) in [5, 5.41) is 0. The number of carbonyl (C=O) groups excluding carboxylic acids is 1. The number of pyridine rings is 1. The van der Waals surface area contributed by atoms with E-state index in [0.29, 0.717) is 5.69 Å². The monoisotopic (exact) mass is 287 g/mol. The van der Waals surface area contributed by atoms with Crippen LogP contribution in [0.5, 0.6) is 0 Å². The molecule has 0 aliphatic carbocycles. The first kappa shape index (κ1) is 14.2. The van der Waals surface area contributed by atoms with Crippen molar-refractivity contribution < 1.29 is 4.79 Å². The number of aldehydes is 1. The van der Waals surface area contributed by atoms with Gasteiger partial charge in [0.25, 0.3) is 0 Å². The SMILES string of the molecule is CCc1ccc(-c2ccc(C=O)nc2-c2ccccc2)cc1. The van der Waals surface area contributed by atoms with Crippen LogP contribution in [0.15, 0.2) is 66.7 Å². The van der Waals surface area contributed by atoms with Crippen molar-refractivity contribution in [2.75, 3.05) is 0 Å². The quantitative estimate of drug-likeness (QED) is 0.646. The molecule has 0 fully saturated rings. The maximum Gasteiger partial charge on any atom is 0.168 e. The Labute approximate surface area is 130 Å². The summed E-state index contributed by atoms with van der Waals surface area (Å²) in [5.41, 5.74) is 5.77. The lowest BCUT2D eigenvalue weighted by atomic mass is 9.97. The molecule has 2 nitrogen and oxygen atoms in total. The van der Waals surface area contributed by atoms with E-state index in [1.165, 1.54) is 5.56 Å². The predicted octanol–water partition coefficient (Wildman–Crippen LogP) is 4.79. The largest absolute Gasteiger partial charge is 0.296 e. The van der Waals surface area contributed by atoms with Crippen LogP contribution in [0.4, 0.5) is 0 Å². The Morgan fingerprint density at radius 1 is 0.864 bits per heavy atom. The van der Waals surface area contributed by atoms with Crippen LogP contribution in [-0.4, -0.2) is 11.3 Å². The molecule has 3 rings (SSSR count). The van der Waals surface area contributed by atoms with Gasteiger partial charge in [-0.05, 0) is 29.7 Å². The molecule has 3 aromatic rings. The maximum absolute atomic E-state index is 11.1. The van der Waals surface area contributed by atoms with Crippen LogP contribution in [0, 0.1) is 0 Å². The van der Waals surface area contributed by atoms with Gasteiger partial charge in [0.15, 0.2) is 6.29 Å². The second-order valence-corrected chi connectivity index (χ2v) is 5.17. The van der Waals surface area contributed by atoms with Gasteiger partial charge in [0, 0.05) is 11.1 Å². The minimum Gasteiger partial charge on any atom is -0.296 e. The smallest absolute Gasteiger partial charge is 0.168 e. The summed E-state index contributed by atoms with van der Waals surface area (Å²) >= 11 is 0. The molecule has 2 heteroatoms. The minimum absolute atomic E-state index is 0.452. The molecule has 0 unspecified atom stereocenters. The molecular weight excluding hydrogens is 270 g/mol. The van der Waals surface area contributed by atoms with E-state index in [2.05, 4.69) is 36.2 Å². The Kier molecular flexibility index (Phi) is 4.10. The highest BCUT2D eigenvalue weighted by Gasteiger charge is 2.10. The molecule has 0 aliphatic rings. The van der Waals surface area contributed by atoms with Crippen LogP contribution in [-0.2, 0) is 6.42 Å². The van der Waals surface area contributed by atoms with Gasteiger partial charge in [0.1, 0.15) is 5.69 Å². The van der Waals surface area contributed by atoms with Gasteiger partial charge in [0.05, 0.1) is 5.69 Å². The summed E-state index contributed by atoms with van der Waals surface area (Å²) in [4.78, 5) is 15.6. The summed E-state index contributed by atoms with van der Waals surface area (Å²) < 4.78 is 0. The van der Waals surface area contributed by atoms with Crippen molar-refractivity contribution in [1.82, 2.24) is 4.98 Å². The molecule has 22 heavy (non-hydrogen) atoms. The third kappa shape index (κ3) is 2.82. The summed E-state index contributed by atoms with van der Waals surface area (Å²) in [6, 6.07) is 22.2. The molecule has 0 bridgehead atoms. The number of benzene rings is 2. The molecule has 1 heterocycles. The van der Waals surface area contributed by atoms with E-state index in [-0.39, 0.29) is 0 Å². The average Bonchev–Trinajstić information content (AvgIpc) is 2.62. The Morgan fingerprint density at radius 2 is 1.59 bits per heavy atom. The molecule has 0 spiro atoms. The fourth-order valence-corrected chi connectivity index (χ4v) is 2.51. The number of rotatable bonds is 4. The third-order valence-corrected chi connectivity index (χ3v) is 3.76. The summed E-state index contributed by atoms with van der Waals surface area (Å²) in [6.45, 7) is 2.14. The number of aryl methyl sites for hydroxylation is 1. The van der Waals surface area contributed by atoms with Crippen LogP contribution >= 0.6 is 0 Å². The van der Waals surface area contributed by atoms with Crippen molar-refractivity contribution in [2.24, 2.45) is 0 Å². The van der Waals surface area contributed by atoms with Crippen molar-refractivity contribution in [1.29, 1.82) is 0 Å². The van der Waals surface area contributed by atoms with Gasteiger partial charge in [-0.15, -0.1) is 0 Å². The van der Waals surface area contributed by atoms with E-state index in [4.69, 9.17) is 0 Å². The fraction of sp³-hybridized carbons (Fsp3) is 0.100.